The van der Waals surface area contributed by atoms with Crippen molar-refractivity contribution in [2.75, 3.05) is 6.61 Å². The van der Waals surface area contributed by atoms with E-state index in [0.29, 0.717) is 27.1 Å². The summed E-state index contributed by atoms with van der Waals surface area (Å²) in [6.45, 7) is 1.73. The van der Waals surface area contributed by atoms with Gasteiger partial charge in [-0.05, 0) is 42.8 Å². The molecule has 0 saturated carbocycles. The van der Waals surface area contributed by atoms with Crippen LogP contribution in [0.5, 0.6) is 0 Å². The van der Waals surface area contributed by atoms with Gasteiger partial charge in [-0.25, -0.2) is 14.4 Å². The molecule has 0 bridgehead atoms. The van der Waals surface area contributed by atoms with E-state index in [9.17, 15) is 24.6 Å². The molecule has 0 fully saturated rings. The molecule has 162 valence electrons. The van der Waals surface area contributed by atoms with Crippen LogP contribution in [0.1, 0.15) is 49.3 Å². The van der Waals surface area contributed by atoms with E-state index in [-0.39, 0.29) is 30.1 Å². The molecule has 3 rings (SSSR count). The largest absolute Gasteiger partial charge is 0.478 e. The van der Waals surface area contributed by atoms with Crippen LogP contribution in [0.15, 0.2) is 41.3 Å². The number of aliphatic hydroxyl groups is 1. The molecule has 0 radical (unpaired) electrons. The average molecular weight is 443 g/mol. The van der Waals surface area contributed by atoms with Crippen molar-refractivity contribution in [1.82, 2.24) is 4.57 Å². The number of thioether (sulfide) groups is 1. The summed E-state index contributed by atoms with van der Waals surface area (Å²) in [7, 11) is 1.80. The molecule has 0 saturated heterocycles. The summed E-state index contributed by atoms with van der Waals surface area (Å²) >= 11 is 1.19. The monoisotopic (exact) mass is 443 g/mol. The van der Waals surface area contributed by atoms with Crippen molar-refractivity contribution in [2.24, 2.45) is 7.05 Å². The van der Waals surface area contributed by atoms with Crippen molar-refractivity contribution >= 4 is 40.6 Å². The molecule has 1 aromatic heterocycles. The van der Waals surface area contributed by atoms with Gasteiger partial charge >= 0.3 is 17.9 Å². The van der Waals surface area contributed by atoms with Crippen molar-refractivity contribution in [1.29, 1.82) is 0 Å². The maximum Gasteiger partial charge on any atom is 0.340 e. The van der Waals surface area contributed by atoms with E-state index in [2.05, 4.69) is 0 Å². The second-order valence-electron chi connectivity index (χ2n) is 6.72. The van der Waals surface area contributed by atoms with Crippen LogP contribution >= 0.6 is 11.8 Å². The maximum absolute atomic E-state index is 12.7. The van der Waals surface area contributed by atoms with E-state index in [4.69, 9.17) is 9.84 Å². The predicted octanol–water partition coefficient (Wildman–Crippen LogP) is 3.54. The highest BCUT2D eigenvalue weighted by molar-refractivity contribution is 7.98. The summed E-state index contributed by atoms with van der Waals surface area (Å²) in [6, 6.07) is 9.23. The first-order valence-electron chi connectivity index (χ1n) is 9.40. The highest BCUT2D eigenvalue weighted by Gasteiger charge is 2.23. The van der Waals surface area contributed by atoms with E-state index in [1.807, 2.05) is 10.6 Å². The van der Waals surface area contributed by atoms with Gasteiger partial charge < -0.3 is 24.6 Å². The molecule has 8 nitrogen and oxygen atoms in total. The van der Waals surface area contributed by atoms with Gasteiger partial charge in [0.05, 0.1) is 29.9 Å². The number of carboxylic acids is 2. The number of aliphatic hydroxyl groups excluding tert-OH is 1. The average Bonchev–Trinajstić information content (AvgIpc) is 3.03. The standard InChI is InChI=1S/C22H21NO7S/c1-3-30-22(29)19-14-8-12(10-24)4-6-16(14)23(2)17(19)11-31-18-7-5-13(20(25)26)9-15(18)21(27)28/h4-9,24H,3,10-11H2,1-2H3,(H,25,26)(H,27,28). The minimum Gasteiger partial charge on any atom is -0.478 e. The Labute approximate surface area is 182 Å². The number of fused-ring (bicyclic) bond motifs is 1. The van der Waals surface area contributed by atoms with Crippen molar-refractivity contribution in [2.45, 2.75) is 24.2 Å². The van der Waals surface area contributed by atoms with E-state index >= 15 is 0 Å². The molecule has 3 aromatic rings. The van der Waals surface area contributed by atoms with Crippen molar-refractivity contribution in [3.8, 4) is 0 Å². The highest BCUT2D eigenvalue weighted by atomic mass is 32.2. The summed E-state index contributed by atoms with van der Waals surface area (Å²) in [4.78, 5) is 35.9. The van der Waals surface area contributed by atoms with Crippen LogP contribution in [0.25, 0.3) is 10.9 Å². The first-order valence-corrected chi connectivity index (χ1v) is 10.4. The fraction of sp³-hybridized carbons (Fsp3) is 0.227. The molecule has 0 spiro atoms. The Morgan fingerprint density at radius 1 is 1.06 bits per heavy atom. The topological polar surface area (TPSA) is 126 Å². The lowest BCUT2D eigenvalue weighted by atomic mass is 10.1. The zero-order chi connectivity index (χ0) is 22.7. The van der Waals surface area contributed by atoms with Gasteiger partial charge in [0.25, 0.3) is 0 Å². The quantitative estimate of drug-likeness (QED) is 0.357. The molecule has 0 unspecified atom stereocenters. The molecule has 31 heavy (non-hydrogen) atoms. The molecule has 0 aliphatic rings. The third-order valence-electron chi connectivity index (χ3n) is 4.87. The molecule has 0 aliphatic carbocycles. The fourth-order valence-corrected chi connectivity index (χ4v) is 4.44. The van der Waals surface area contributed by atoms with Crippen LogP contribution in [0.3, 0.4) is 0 Å². The van der Waals surface area contributed by atoms with Crippen LogP contribution in [-0.2, 0) is 24.1 Å². The summed E-state index contributed by atoms with van der Waals surface area (Å²) in [6.07, 6.45) is 0. The number of nitrogens with zero attached hydrogens (tertiary/aromatic N) is 1. The van der Waals surface area contributed by atoms with Gasteiger partial charge in [0, 0.05) is 34.3 Å². The maximum atomic E-state index is 12.7. The first-order chi connectivity index (χ1) is 14.8. The van der Waals surface area contributed by atoms with Crippen LogP contribution in [-0.4, -0.2) is 44.4 Å². The Hall–Kier alpha value is -3.30. The number of hydrogen-bond acceptors (Lipinski definition) is 6. The fourth-order valence-electron chi connectivity index (χ4n) is 3.34. The number of benzene rings is 2. The van der Waals surface area contributed by atoms with Crippen LogP contribution in [0.4, 0.5) is 0 Å². The zero-order valence-electron chi connectivity index (χ0n) is 16.9. The number of ether oxygens (including phenoxy) is 1. The Balaban J connectivity index is 2.06. The number of carboxylic acid groups (broad SMARTS) is 2. The number of esters is 1. The SMILES string of the molecule is CCOC(=O)c1c(CSc2ccc(C(=O)O)cc2C(=O)O)n(C)c2ccc(CO)cc12. The van der Waals surface area contributed by atoms with Crippen molar-refractivity contribution in [3.63, 3.8) is 0 Å². The lowest BCUT2D eigenvalue weighted by Gasteiger charge is -2.10. The van der Waals surface area contributed by atoms with Gasteiger partial charge in [-0.1, -0.05) is 6.07 Å². The van der Waals surface area contributed by atoms with Gasteiger partial charge in [-0.3, -0.25) is 0 Å². The van der Waals surface area contributed by atoms with Crippen LogP contribution in [0, 0.1) is 0 Å². The van der Waals surface area contributed by atoms with E-state index in [1.165, 1.54) is 23.9 Å². The number of hydrogen-bond donors (Lipinski definition) is 3. The number of rotatable bonds is 8. The minimum absolute atomic E-state index is 0.116. The highest BCUT2D eigenvalue weighted by Crippen LogP contribution is 2.33. The van der Waals surface area contributed by atoms with Gasteiger partial charge in [0.2, 0.25) is 0 Å². The number of aromatic carboxylic acids is 2. The van der Waals surface area contributed by atoms with Gasteiger partial charge in [-0.2, -0.15) is 0 Å². The number of carbonyl (C=O) groups excluding carboxylic acids is 1. The van der Waals surface area contributed by atoms with Crippen LogP contribution in [0.2, 0.25) is 0 Å². The van der Waals surface area contributed by atoms with Crippen molar-refractivity contribution in [3.05, 3.63) is 64.3 Å². The molecule has 1 heterocycles. The summed E-state index contributed by atoms with van der Waals surface area (Å²) in [5.74, 6) is -2.70. The van der Waals surface area contributed by atoms with Crippen molar-refractivity contribution < 1.29 is 34.4 Å². The lowest BCUT2D eigenvalue weighted by molar-refractivity contribution is 0.0526. The molecule has 2 aromatic carbocycles. The normalized spacial score (nSPS) is 10.9. The minimum atomic E-state index is -1.24. The molecular weight excluding hydrogens is 422 g/mol. The molecule has 9 heteroatoms. The van der Waals surface area contributed by atoms with Crippen LogP contribution < -0.4 is 0 Å². The summed E-state index contributed by atoms with van der Waals surface area (Å²) in [5, 5.41) is 28.7. The molecular formula is C22H21NO7S. The van der Waals surface area contributed by atoms with Gasteiger partial charge in [0.1, 0.15) is 0 Å². The van der Waals surface area contributed by atoms with Gasteiger partial charge in [-0.15, -0.1) is 11.8 Å². The lowest BCUT2D eigenvalue weighted by Crippen LogP contribution is -2.09. The number of carbonyl (C=O) groups is 3. The molecule has 3 N–H and O–H groups in total. The second kappa shape index (κ2) is 9.23. The summed E-state index contributed by atoms with van der Waals surface area (Å²) < 4.78 is 7.07. The predicted molar refractivity (Wildman–Crippen MR) is 115 cm³/mol. The first kappa shape index (κ1) is 22.4. The molecule has 0 amide bonds. The Bertz CT molecular complexity index is 1180. The second-order valence-corrected chi connectivity index (χ2v) is 7.74. The Kier molecular flexibility index (Phi) is 6.67. The van der Waals surface area contributed by atoms with E-state index in [0.717, 1.165) is 11.6 Å². The summed E-state index contributed by atoms with van der Waals surface area (Å²) in [5.41, 5.74) is 2.18. The number of aryl methyl sites for hydroxylation is 1. The van der Waals surface area contributed by atoms with E-state index in [1.54, 1.807) is 26.1 Å². The Morgan fingerprint density at radius 3 is 2.42 bits per heavy atom. The number of aromatic nitrogens is 1. The third-order valence-corrected chi connectivity index (χ3v) is 5.95. The third kappa shape index (κ3) is 4.42. The smallest absolute Gasteiger partial charge is 0.340 e. The zero-order valence-corrected chi connectivity index (χ0v) is 17.7. The Morgan fingerprint density at radius 2 is 1.81 bits per heavy atom. The molecule has 0 aliphatic heterocycles. The van der Waals surface area contributed by atoms with E-state index < -0.39 is 17.9 Å². The molecule has 0 atom stereocenters. The van der Waals surface area contributed by atoms with Gasteiger partial charge in [0.15, 0.2) is 0 Å².